The quantitative estimate of drug-likeness (QED) is 0.943. The van der Waals surface area contributed by atoms with Crippen molar-refractivity contribution in [3.8, 4) is 5.75 Å². The molecule has 0 radical (unpaired) electrons. The molecule has 3 rings (SSSR count). The number of carbonyl (C=O) groups excluding carboxylic acids is 1. The second-order valence-corrected chi connectivity index (χ2v) is 6.39. The van der Waals surface area contributed by atoms with Crippen LogP contribution in [0, 0.1) is 12.8 Å². The maximum atomic E-state index is 11.9. The van der Waals surface area contributed by atoms with Crippen LogP contribution in [0.15, 0.2) is 29.6 Å². The highest BCUT2D eigenvalue weighted by atomic mass is 32.1. The van der Waals surface area contributed by atoms with Gasteiger partial charge in [0.15, 0.2) is 0 Å². The first-order valence-electron chi connectivity index (χ1n) is 7.09. The fourth-order valence-electron chi connectivity index (χ4n) is 2.50. The van der Waals surface area contributed by atoms with Gasteiger partial charge in [-0.25, -0.2) is 4.98 Å². The predicted octanol–water partition coefficient (Wildman–Crippen LogP) is 2.36. The third kappa shape index (κ3) is 3.61. The molecular formula is C16H18N2O2S. The summed E-state index contributed by atoms with van der Waals surface area (Å²) in [4.78, 5) is 16.2. The van der Waals surface area contributed by atoms with E-state index in [1.165, 1.54) is 5.56 Å². The fourth-order valence-corrected chi connectivity index (χ4v) is 3.11. The molecule has 1 atom stereocenters. The van der Waals surface area contributed by atoms with Gasteiger partial charge < -0.3 is 10.1 Å². The molecule has 1 unspecified atom stereocenters. The van der Waals surface area contributed by atoms with Crippen molar-refractivity contribution >= 4 is 17.2 Å². The second kappa shape index (κ2) is 6.26. The molecule has 0 spiro atoms. The Hall–Kier alpha value is -1.88. The van der Waals surface area contributed by atoms with Crippen molar-refractivity contribution < 1.29 is 9.53 Å². The molecular weight excluding hydrogens is 284 g/mol. The van der Waals surface area contributed by atoms with E-state index in [0.29, 0.717) is 25.5 Å². The van der Waals surface area contributed by atoms with Crippen LogP contribution in [0.4, 0.5) is 0 Å². The smallest absolute Gasteiger partial charge is 0.226 e. The number of nitrogens with zero attached hydrogens (tertiary/aromatic N) is 1. The SMILES string of the molecule is Cc1nc(CC(=O)NCC2COc3ccccc3C2)cs1. The lowest BCUT2D eigenvalue weighted by atomic mass is 9.97. The van der Waals surface area contributed by atoms with Crippen LogP contribution in [0.2, 0.25) is 0 Å². The number of nitrogens with one attached hydrogen (secondary N) is 1. The number of amides is 1. The third-order valence-corrected chi connectivity index (χ3v) is 4.37. The van der Waals surface area contributed by atoms with E-state index in [1.807, 2.05) is 30.5 Å². The van der Waals surface area contributed by atoms with Crippen molar-refractivity contribution in [3.63, 3.8) is 0 Å². The van der Waals surface area contributed by atoms with E-state index in [1.54, 1.807) is 11.3 Å². The molecule has 0 aliphatic carbocycles. The van der Waals surface area contributed by atoms with E-state index >= 15 is 0 Å². The first kappa shape index (κ1) is 14.1. The standard InChI is InChI=1S/C16H18N2O2S/c1-11-18-14(10-21-11)7-16(19)17-8-12-6-13-4-2-3-5-15(13)20-9-12/h2-5,10,12H,6-9H2,1H3,(H,17,19). The summed E-state index contributed by atoms with van der Waals surface area (Å²) in [5.74, 6) is 1.33. The van der Waals surface area contributed by atoms with Gasteiger partial charge in [-0.1, -0.05) is 18.2 Å². The zero-order valence-electron chi connectivity index (χ0n) is 12.0. The Morgan fingerprint density at radius 3 is 3.14 bits per heavy atom. The molecule has 0 saturated carbocycles. The molecule has 0 bridgehead atoms. The summed E-state index contributed by atoms with van der Waals surface area (Å²) in [7, 11) is 0. The lowest BCUT2D eigenvalue weighted by molar-refractivity contribution is -0.120. The monoisotopic (exact) mass is 302 g/mol. The highest BCUT2D eigenvalue weighted by Crippen LogP contribution is 2.26. The number of para-hydroxylation sites is 1. The first-order valence-corrected chi connectivity index (χ1v) is 7.97. The van der Waals surface area contributed by atoms with Gasteiger partial charge in [-0.2, -0.15) is 0 Å². The van der Waals surface area contributed by atoms with Gasteiger partial charge in [0.1, 0.15) is 5.75 Å². The van der Waals surface area contributed by atoms with Gasteiger partial charge >= 0.3 is 0 Å². The van der Waals surface area contributed by atoms with Crippen LogP contribution in [0.25, 0.3) is 0 Å². The van der Waals surface area contributed by atoms with Gasteiger partial charge in [0.25, 0.3) is 0 Å². The van der Waals surface area contributed by atoms with Crippen LogP contribution in [-0.4, -0.2) is 24.0 Å². The molecule has 110 valence electrons. The van der Waals surface area contributed by atoms with E-state index in [9.17, 15) is 4.79 Å². The minimum atomic E-state index is 0.0270. The number of ether oxygens (including phenoxy) is 1. The van der Waals surface area contributed by atoms with Crippen molar-refractivity contribution in [2.24, 2.45) is 5.92 Å². The average Bonchev–Trinajstić information content (AvgIpc) is 2.90. The number of fused-ring (bicyclic) bond motifs is 1. The van der Waals surface area contributed by atoms with Crippen LogP contribution >= 0.6 is 11.3 Å². The first-order chi connectivity index (χ1) is 10.2. The summed E-state index contributed by atoms with van der Waals surface area (Å²) >= 11 is 1.57. The van der Waals surface area contributed by atoms with E-state index < -0.39 is 0 Å². The van der Waals surface area contributed by atoms with Crippen LogP contribution in [-0.2, 0) is 17.6 Å². The average molecular weight is 302 g/mol. The molecule has 1 amide bonds. The molecule has 1 aliphatic rings. The van der Waals surface area contributed by atoms with Crippen molar-refractivity contribution in [2.75, 3.05) is 13.2 Å². The van der Waals surface area contributed by atoms with Crippen molar-refractivity contribution in [1.29, 1.82) is 0 Å². The van der Waals surface area contributed by atoms with E-state index in [2.05, 4.69) is 16.4 Å². The number of carbonyl (C=O) groups is 1. The molecule has 1 aromatic carbocycles. The number of benzene rings is 1. The Labute approximate surface area is 128 Å². The highest BCUT2D eigenvalue weighted by Gasteiger charge is 2.20. The lowest BCUT2D eigenvalue weighted by Crippen LogP contribution is -2.35. The molecule has 4 nitrogen and oxygen atoms in total. The zero-order chi connectivity index (χ0) is 14.7. The van der Waals surface area contributed by atoms with E-state index in [-0.39, 0.29) is 5.91 Å². The summed E-state index contributed by atoms with van der Waals surface area (Å²) in [5, 5.41) is 5.92. The number of aromatic nitrogens is 1. The van der Waals surface area contributed by atoms with Crippen LogP contribution in [0.3, 0.4) is 0 Å². The van der Waals surface area contributed by atoms with Gasteiger partial charge in [-0.3, -0.25) is 4.79 Å². The normalized spacial score (nSPS) is 16.9. The van der Waals surface area contributed by atoms with Gasteiger partial charge in [0, 0.05) is 17.8 Å². The van der Waals surface area contributed by atoms with Crippen LogP contribution in [0.5, 0.6) is 5.75 Å². The summed E-state index contributed by atoms with van der Waals surface area (Å²) < 4.78 is 5.73. The molecule has 2 heterocycles. The molecule has 0 fully saturated rings. The van der Waals surface area contributed by atoms with Gasteiger partial charge in [0.05, 0.1) is 23.7 Å². The Balaban J connectivity index is 1.49. The minimum absolute atomic E-state index is 0.0270. The Morgan fingerprint density at radius 1 is 1.48 bits per heavy atom. The van der Waals surface area contributed by atoms with Crippen molar-refractivity contribution in [3.05, 3.63) is 45.9 Å². The van der Waals surface area contributed by atoms with Gasteiger partial charge in [-0.15, -0.1) is 11.3 Å². The maximum Gasteiger partial charge on any atom is 0.226 e. The Bertz CT molecular complexity index is 639. The fraction of sp³-hybridized carbons (Fsp3) is 0.375. The molecule has 0 saturated heterocycles. The topological polar surface area (TPSA) is 51.2 Å². The summed E-state index contributed by atoms with van der Waals surface area (Å²) in [5.41, 5.74) is 2.07. The largest absolute Gasteiger partial charge is 0.493 e. The Morgan fingerprint density at radius 2 is 2.33 bits per heavy atom. The van der Waals surface area contributed by atoms with E-state index in [0.717, 1.165) is 22.9 Å². The summed E-state index contributed by atoms with van der Waals surface area (Å²) in [6.07, 6.45) is 1.31. The molecule has 1 aromatic heterocycles. The van der Waals surface area contributed by atoms with Crippen LogP contribution < -0.4 is 10.1 Å². The highest BCUT2D eigenvalue weighted by molar-refractivity contribution is 7.09. The van der Waals surface area contributed by atoms with Gasteiger partial charge in [-0.05, 0) is 25.0 Å². The van der Waals surface area contributed by atoms with Gasteiger partial charge in [0.2, 0.25) is 5.91 Å². The third-order valence-electron chi connectivity index (χ3n) is 3.55. The lowest BCUT2D eigenvalue weighted by Gasteiger charge is -2.25. The molecule has 1 aliphatic heterocycles. The number of rotatable bonds is 4. The Kier molecular flexibility index (Phi) is 4.20. The number of aryl methyl sites for hydroxylation is 1. The van der Waals surface area contributed by atoms with Crippen LogP contribution in [0.1, 0.15) is 16.3 Å². The summed E-state index contributed by atoms with van der Waals surface area (Å²) in [6.45, 7) is 3.26. The minimum Gasteiger partial charge on any atom is -0.493 e. The molecule has 2 aromatic rings. The molecule has 21 heavy (non-hydrogen) atoms. The number of hydrogen-bond acceptors (Lipinski definition) is 4. The molecule has 1 N–H and O–H groups in total. The predicted molar refractivity (Wildman–Crippen MR) is 82.7 cm³/mol. The van der Waals surface area contributed by atoms with Crippen molar-refractivity contribution in [2.45, 2.75) is 19.8 Å². The maximum absolute atomic E-state index is 11.9. The zero-order valence-corrected chi connectivity index (χ0v) is 12.8. The molecule has 5 heteroatoms. The second-order valence-electron chi connectivity index (χ2n) is 5.33. The van der Waals surface area contributed by atoms with Crippen molar-refractivity contribution in [1.82, 2.24) is 10.3 Å². The number of hydrogen-bond donors (Lipinski definition) is 1. The number of thiazole rings is 1. The van der Waals surface area contributed by atoms with E-state index in [4.69, 9.17) is 4.74 Å². The summed E-state index contributed by atoms with van der Waals surface area (Å²) in [6, 6.07) is 8.08.